The molecule has 51 heavy (non-hydrogen) atoms. The van der Waals surface area contributed by atoms with Gasteiger partial charge in [-0.2, -0.15) is 0 Å². The van der Waals surface area contributed by atoms with E-state index >= 15 is 0 Å². The Labute approximate surface area is 299 Å². The summed E-state index contributed by atoms with van der Waals surface area (Å²) in [5.41, 5.74) is 15.5. The summed E-state index contributed by atoms with van der Waals surface area (Å²) in [6.45, 7) is 4.72. The van der Waals surface area contributed by atoms with Crippen molar-refractivity contribution in [2.24, 2.45) is 0 Å². The van der Waals surface area contributed by atoms with Gasteiger partial charge in [-0.3, -0.25) is 0 Å². The molecule has 0 aromatic heterocycles. The van der Waals surface area contributed by atoms with E-state index in [1.54, 1.807) is 0 Å². The van der Waals surface area contributed by atoms with Crippen molar-refractivity contribution in [2.75, 3.05) is 0 Å². The fraction of sp³-hybridized carbons (Fsp3) is 0.0588. The van der Waals surface area contributed by atoms with Crippen molar-refractivity contribution in [1.29, 1.82) is 0 Å². The van der Waals surface area contributed by atoms with Crippen molar-refractivity contribution in [3.63, 3.8) is 0 Å². The van der Waals surface area contributed by atoms with Gasteiger partial charge < -0.3 is 0 Å². The minimum Gasteiger partial charge on any atom is -0.0622 e. The zero-order chi connectivity index (χ0) is 34.1. The van der Waals surface area contributed by atoms with Gasteiger partial charge in [0, 0.05) is 5.41 Å². The van der Waals surface area contributed by atoms with Crippen molar-refractivity contribution < 1.29 is 0 Å². The van der Waals surface area contributed by atoms with Crippen LogP contribution in [0.2, 0.25) is 0 Å². The molecule has 0 fully saturated rings. The Bertz CT molecular complexity index is 2790. The predicted molar refractivity (Wildman–Crippen MR) is 218 cm³/mol. The van der Waals surface area contributed by atoms with Crippen LogP contribution in [0.3, 0.4) is 0 Å². The summed E-state index contributed by atoms with van der Waals surface area (Å²) in [7, 11) is 0. The first kappa shape index (κ1) is 29.7. The molecule has 0 amide bonds. The average Bonchev–Trinajstić information content (AvgIpc) is 3.43. The Hall–Kier alpha value is -6.24. The molecular weight excluding hydrogens is 613 g/mol. The number of rotatable bonds is 4. The number of fused-ring (bicyclic) bond motifs is 7. The van der Waals surface area contributed by atoms with Crippen LogP contribution in [0.4, 0.5) is 0 Å². The topological polar surface area (TPSA) is 0 Å². The third-order valence-electron chi connectivity index (χ3n) is 11.3. The van der Waals surface area contributed by atoms with E-state index in [1.165, 1.54) is 99.1 Å². The monoisotopic (exact) mass is 648 g/mol. The highest BCUT2D eigenvalue weighted by Gasteiger charge is 2.36. The average molecular weight is 649 g/mol. The molecule has 0 heterocycles. The van der Waals surface area contributed by atoms with Crippen molar-refractivity contribution in [3.05, 3.63) is 193 Å². The molecule has 0 atom stereocenters. The second-order valence-corrected chi connectivity index (χ2v) is 14.5. The molecule has 1 aliphatic carbocycles. The molecule has 10 rings (SSSR count). The Morgan fingerprint density at radius 1 is 0.294 bits per heavy atom. The lowest BCUT2D eigenvalue weighted by Gasteiger charge is -2.21. The van der Waals surface area contributed by atoms with Crippen LogP contribution in [-0.2, 0) is 5.41 Å². The van der Waals surface area contributed by atoms with E-state index in [2.05, 4.69) is 196 Å². The predicted octanol–water partition coefficient (Wildman–Crippen LogP) is 14.1. The normalized spacial score (nSPS) is 13.1. The lowest BCUT2D eigenvalue weighted by atomic mass is 9.82. The first-order valence-corrected chi connectivity index (χ1v) is 17.9. The summed E-state index contributed by atoms with van der Waals surface area (Å²) in [5, 5.41) is 7.73. The van der Waals surface area contributed by atoms with E-state index in [0.717, 1.165) is 0 Å². The Morgan fingerprint density at radius 2 is 0.765 bits per heavy atom. The molecule has 240 valence electrons. The van der Waals surface area contributed by atoms with Gasteiger partial charge in [-0.15, -0.1) is 0 Å². The van der Waals surface area contributed by atoms with E-state index in [-0.39, 0.29) is 5.41 Å². The molecule has 0 saturated heterocycles. The molecular formula is C51H36. The van der Waals surface area contributed by atoms with Gasteiger partial charge in [-0.05, 0) is 111 Å². The molecule has 0 nitrogen and oxygen atoms in total. The van der Waals surface area contributed by atoms with Crippen molar-refractivity contribution in [3.8, 4) is 55.6 Å². The summed E-state index contributed by atoms with van der Waals surface area (Å²) in [4.78, 5) is 0. The van der Waals surface area contributed by atoms with Gasteiger partial charge in [0.05, 0.1) is 0 Å². The van der Waals surface area contributed by atoms with Crippen LogP contribution in [0.1, 0.15) is 25.0 Å². The summed E-state index contributed by atoms with van der Waals surface area (Å²) in [6, 6.07) is 67.3. The maximum atomic E-state index is 2.42. The molecule has 0 spiro atoms. The van der Waals surface area contributed by atoms with Crippen LogP contribution >= 0.6 is 0 Å². The fourth-order valence-electron chi connectivity index (χ4n) is 8.75. The molecule has 0 radical (unpaired) electrons. The highest BCUT2D eigenvalue weighted by atomic mass is 14.4. The summed E-state index contributed by atoms with van der Waals surface area (Å²) >= 11 is 0. The zero-order valence-electron chi connectivity index (χ0n) is 28.8. The lowest BCUT2D eigenvalue weighted by molar-refractivity contribution is 0.661. The third-order valence-corrected chi connectivity index (χ3v) is 11.3. The second-order valence-electron chi connectivity index (χ2n) is 14.5. The summed E-state index contributed by atoms with van der Waals surface area (Å²) in [5.74, 6) is 0. The number of benzene rings is 9. The van der Waals surface area contributed by atoms with Crippen molar-refractivity contribution >= 4 is 32.3 Å². The van der Waals surface area contributed by atoms with Gasteiger partial charge in [-0.25, -0.2) is 0 Å². The van der Waals surface area contributed by atoms with Crippen molar-refractivity contribution in [1.82, 2.24) is 0 Å². The third kappa shape index (κ3) is 4.60. The van der Waals surface area contributed by atoms with Gasteiger partial charge in [0.2, 0.25) is 0 Å². The molecule has 0 N–H and O–H groups in total. The fourth-order valence-corrected chi connectivity index (χ4v) is 8.75. The Morgan fingerprint density at radius 3 is 1.41 bits per heavy atom. The van der Waals surface area contributed by atoms with Gasteiger partial charge in [0.15, 0.2) is 0 Å². The number of hydrogen-bond donors (Lipinski definition) is 0. The molecule has 9 aromatic carbocycles. The summed E-state index contributed by atoms with van der Waals surface area (Å²) in [6.07, 6.45) is 0. The summed E-state index contributed by atoms with van der Waals surface area (Å²) < 4.78 is 0. The maximum Gasteiger partial charge on any atom is 0.0159 e. The molecule has 1 aliphatic rings. The molecule has 0 bridgehead atoms. The van der Waals surface area contributed by atoms with Crippen LogP contribution in [0.25, 0.3) is 88.0 Å². The quantitative estimate of drug-likeness (QED) is 0.167. The Balaban J connectivity index is 1.11. The standard InChI is InChI=1S/C51H36/c1-51(2)46-29-27-39(32-45(46)50-40-18-10-9-13-35(40)26-30-47(50)51)34-23-21-33(22-24-34)38-25-28-43-44(31-38)49(37-16-7-4-8-17-37)42-20-12-11-19-41(42)48(43)36-14-5-3-6-15-36/h3-32H,1-2H3. The second kappa shape index (κ2) is 11.4. The number of hydrogen-bond acceptors (Lipinski definition) is 0. The van der Waals surface area contributed by atoms with Crippen LogP contribution in [-0.4, -0.2) is 0 Å². The smallest absolute Gasteiger partial charge is 0.0159 e. The van der Waals surface area contributed by atoms with Crippen LogP contribution in [0.5, 0.6) is 0 Å². The highest BCUT2D eigenvalue weighted by Crippen LogP contribution is 2.52. The largest absolute Gasteiger partial charge is 0.0622 e. The van der Waals surface area contributed by atoms with Gasteiger partial charge >= 0.3 is 0 Å². The van der Waals surface area contributed by atoms with E-state index in [4.69, 9.17) is 0 Å². The minimum absolute atomic E-state index is 0.0303. The molecule has 9 aromatic rings. The highest BCUT2D eigenvalue weighted by molar-refractivity contribution is 6.22. The van der Waals surface area contributed by atoms with Crippen LogP contribution < -0.4 is 0 Å². The first-order valence-electron chi connectivity index (χ1n) is 17.9. The van der Waals surface area contributed by atoms with Gasteiger partial charge in [0.25, 0.3) is 0 Å². The molecule has 0 aliphatic heterocycles. The van der Waals surface area contributed by atoms with E-state index in [1.807, 2.05) is 0 Å². The Kier molecular flexibility index (Phi) is 6.63. The van der Waals surface area contributed by atoms with Gasteiger partial charge in [0.1, 0.15) is 0 Å². The molecule has 0 heteroatoms. The lowest BCUT2D eigenvalue weighted by Crippen LogP contribution is -2.14. The zero-order valence-corrected chi connectivity index (χ0v) is 28.8. The van der Waals surface area contributed by atoms with Crippen molar-refractivity contribution in [2.45, 2.75) is 19.3 Å². The first-order chi connectivity index (χ1) is 25.1. The van der Waals surface area contributed by atoms with Crippen LogP contribution in [0.15, 0.2) is 182 Å². The SMILES string of the molecule is CC1(C)c2ccc(-c3ccc(-c4ccc5c(-c6ccccc6)c6ccccc6c(-c6ccccc6)c5c4)cc3)cc2-c2c1ccc1ccccc21. The van der Waals surface area contributed by atoms with E-state index in [0.29, 0.717) is 0 Å². The van der Waals surface area contributed by atoms with E-state index < -0.39 is 0 Å². The van der Waals surface area contributed by atoms with E-state index in [9.17, 15) is 0 Å². The minimum atomic E-state index is -0.0303. The maximum absolute atomic E-state index is 2.42. The molecule has 0 saturated carbocycles. The van der Waals surface area contributed by atoms with Gasteiger partial charge in [-0.1, -0.05) is 184 Å². The molecule has 0 unspecified atom stereocenters. The van der Waals surface area contributed by atoms with Crippen LogP contribution in [0, 0.1) is 0 Å².